The minimum atomic E-state index is -0.679. The lowest BCUT2D eigenvalue weighted by Crippen LogP contribution is -2.56. The van der Waals surface area contributed by atoms with E-state index in [2.05, 4.69) is 4.90 Å². The van der Waals surface area contributed by atoms with Crippen molar-refractivity contribution in [3.8, 4) is 5.75 Å². The van der Waals surface area contributed by atoms with E-state index in [1.54, 1.807) is 12.1 Å². The summed E-state index contributed by atoms with van der Waals surface area (Å²) >= 11 is 5.98. The van der Waals surface area contributed by atoms with Gasteiger partial charge < -0.3 is 15.2 Å². The van der Waals surface area contributed by atoms with Gasteiger partial charge in [-0.3, -0.25) is 9.69 Å². The van der Waals surface area contributed by atoms with E-state index in [0.29, 0.717) is 23.9 Å². The monoisotopic (exact) mass is 338 g/mol. The maximum absolute atomic E-state index is 11.5. The number of primary amides is 1. The molecule has 3 rings (SSSR count). The summed E-state index contributed by atoms with van der Waals surface area (Å²) in [5.74, 6) is 1.10. The number of nitrogens with two attached hydrogens (primary N) is 1. The highest BCUT2D eigenvalue weighted by Crippen LogP contribution is 2.32. The average molecular weight is 339 g/mol. The lowest BCUT2D eigenvalue weighted by atomic mass is 9.97. The molecule has 1 amide bonds. The first-order chi connectivity index (χ1) is 11.0. The Morgan fingerprint density at radius 2 is 2.30 bits per heavy atom. The molecule has 23 heavy (non-hydrogen) atoms. The summed E-state index contributed by atoms with van der Waals surface area (Å²) in [5, 5.41) is 0.617. The van der Waals surface area contributed by atoms with E-state index in [0.717, 1.165) is 19.0 Å². The number of ether oxygens (including phenoxy) is 2. The van der Waals surface area contributed by atoms with Crippen molar-refractivity contribution in [2.45, 2.75) is 24.9 Å². The van der Waals surface area contributed by atoms with Crippen LogP contribution in [0.4, 0.5) is 0 Å². The van der Waals surface area contributed by atoms with Crippen LogP contribution in [0, 0.1) is 5.92 Å². The van der Waals surface area contributed by atoms with Gasteiger partial charge in [-0.2, -0.15) is 0 Å². The molecule has 1 atom stereocenters. The fourth-order valence-corrected chi connectivity index (χ4v) is 3.26. The third-order valence-electron chi connectivity index (χ3n) is 4.34. The van der Waals surface area contributed by atoms with Crippen LogP contribution in [0.5, 0.6) is 5.75 Å². The number of benzene rings is 1. The fraction of sp³-hybridized carbons (Fsp3) is 0.588. The third kappa shape index (κ3) is 4.83. The van der Waals surface area contributed by atoms with E-state index in [1.807, 2.05) is 12.1 Å². The maximum Gasteiger partial charge on any atom is 0.220 e. The number of halogens is 1. The molecule has 1 saturated heterocycles. The Hall–Kier alpha value is -1.30. The van der Waals surface area contributed by atoms with Crippen molar-refractivity contribution in [2.75, 3.05) is 32.8 Å². The van der Waals surface area contributed by atoms with Gasteiger partial charge in [0.2, 0.25) is 5.91 Å². The van der Waals surface area contributed by atoms with Crippen molar-refractivity contribution in [2.24, 2.45) is 11.7 Å². The predicted octanol–water partition coefficient (Wildman–Crippen LogP) is 2.08. The summed E-state index contributed by atoms with van der Waals surface area (Å²) in [6, 6.07) is 7.22. The standard InChI is InChI=1S/C17H23ClN2O3/c18-14-2-1-3-15(8-14)22-12-17(9-16(19)21)11-20(6-7-23-17)10-13-4-5-13/h1-3,8,13H,4-7,9-12H2,(H2,19,21). The third-order valence-corrected chi connectivity index (χ3v) is 4.57. The van der Waals surface area contributed by atoms with Crippen molar-refractivity contribution >= 4 is 17.5 Å². The smallest absolute Gasteiger partial charge is 0.220 e. The lowest BCUT2D eigenvalue weighted by Gasteiger charge is -2.42. The van der Waals surface area contributed by atoms with Gasteiger partial charge in [0.05, 0.1) is 13.0 Å². The molecule has 1 aliphatic carbocycles. The summed E-state index contributed by atoms with van der Waals surface area (Å²) in [4.78, 5) is 13.9. The van der Waals surface area contributed by atoms with E-state index in [4.69, 9.17) is 26.8 Å². The minimum Gasteiger partial charge on any atom is -0.490 e. The molecule has 0 aromatic heterocycles. The number of carbonyl (C=O) groups excluding carboxylic acids is 1. The van der Waals surface area contributed by atoms with E-state index in [9.17, 15) is 4.79 Å². The van der Waals surface area contributed by atoms with Crippen molar-refractivity contribution in [1.82, 2.24) is 4.90 Å². The summed E-state index contributed by atoms with van der Waals surface area (Å²) in [6.07, 6.45) is 2.77. The zero-order valence-electron chi connectivity index (χ0n) is 13.2. The second kappa shape index (κ2) is 7.07. The summed E-state index contributed by atoms with van der Waals surface area (Å²) in [7, 11) is 0. The van der Waals surface area contributed by atoms with Gasteiger partial charge in [-0.15, -0.1) is 0 Å². The Labute approximate surface area is 141 Å². The van der Waals surface area contributed by atoms with Crippen LogP contribution in [0.15, 0.2) is 24.3 Å². The molecule has 2 aliphatic rings. The lowest BCUT2D eigenvalue weighted by molar-refractivity contribution is -0.147. The molecule has 1 aromatic rings. The molecule has 5 nitrogen and oxygen atoms in total. The number of rotatable bonds is 7. The van der Waals surface area contributed by atoms with Gasteiger partial charge in [-0.05, 0) is 37.0 Å². The van der Waals surface area contributed by atoms with Gasteiger partial charge in [0.25, 0.3) is 0 Å². The van der Waals surface area contributed by atoms with Crippen LogP contribution >= 0.6 is 11.6 Å². The Morgan fingerprint density at radius 3 is 3.00 bits per heavy atom. The average Bonchev–Trinajstić information content (AvgIpc) is 3.29. The molecule has 0 bridgehead atoms. The molecule has 1 heterocycles. The number of carbonyl (C=O) groups is 1. The molecule has 6 heteroatoms. The van der Waals surface area contributed by atoms with Gasteiger partial charge >= 0.3 is 0 Å². The van der Waals surface area contributed by atoms with Crippen LogP contribution in [0.25, 0.3) is 0 Å². The van der Waals surface area contributed by atoms with Crippen LogP contribution in [0.1, 0.15) is 19.3 Å². The Morgan fingerprint density at radius 1 is 1.48 bits per heavy atom. The first kappa shape index (κ1) is 16.6. The van der Waals surface area contributed by atoms with Gasteiger partial charge in [0.15, 0.2) is 0 Å². The molecule has 1 unspecified atom stereocenters. The highest BCUT2D eigenvalue weighted by Gasteiger charge is 2.40. The van der Waals surface area contributed by atoms with Gasteiger partial charge in [-0.25, -0.2) is 0 Å². The number of nitrogens with zero attached hydrogens (tertiary/aromatic N) is 1. The molecule has 2 fully saturated rings. The Kier molecular flexibility index (Phi) is 5.09. The topological polar surface area (TPSA) is 64.8 Å². The minimum absolute atomic E-state index is 0.161. The van der Waals surface area contributed by atoms with Crippen LogP contribution in [-0.2, 0) is 9.53 Å². The zero-order chi connectivity index (χ0) is 16.3. The SMILES string of the molecule is NC(=O)CC1(COc2cccc(Cl)c2)CN(CC2CC2)CCO1. The second-order valence-corrected chi connectivity index (χ2v) is 7.04. The van der Waals surface area contributed by atoms with Crippen LogP contribution in [0.2, 0.25) is 5.02 Å². The Balaban J connectivity index is 1.66. The van der Waals surface area contributed by atoms with Gasteiger partial charge in [0.1, 0.15) is 18.0 Å². The second-order valence-electron chi connectivity index (χ2n) is 6.60. The molecule has 1 saturated carbocycles. The van der Waals surface area contributed by atoms with E-state index >= 15 is 0 Å². The van der Waals surface area contributed by atoms with Crippen LogP contribution < -0.4 is 10.5 Å². The quantitative estimate of drug-likeness (QED) is 0.826. The molecular weight excluding hydrogens is 316 g/mol. The first-order valence-electron chi connectivity index (χ1n) is 8.08. The predicted molar refractivity (Wildman–Crippen MR) is 88.6 cm³/mol. The maximum atomic E-state index is 11.5. The number of morpholine rings is 1. The number of hydrogen-bond donors (Lipinski definition) is 1. The highest BCUT2D eigenvalue weighted by molar-refractivity contribution is 6.30. The van der Waals surface area contributed by atoms with Crippen molar-refractivity contribution < 1.29 is 14.3 Å². The summed E-state index contributed by atoms with van der Waals surface area (Å²) in [5.41, 5.74) is 4.77. The molecular formula is C17H23ClN2O3. The number of hydrogen-bond acceptors (Lipinski definition) is 4. The molecule has 0 radical (unpaired) electrons. The normalized spacial score (nSPS) is 25.3. The van der Waals surface area contributed by atoms with Gasteiger partial charge in [0, 0.05) is 24.7 Å². The Bertz CT molecular complexity index is 565. The van der Waals surface area contributed by atoms with E-state index < -0.39 is 5.60 Å². The summed E-state index contributed by atoms with van der Waals surface area (Å²) < 4.78 is 11.8. The largest absolute Gasteiger partial charge is 0.490 e. The molecule has 1 aliphatic heterocycles. The fourth-order valence-electron chi connectivity index (χ4n) is 3.08. The van der Waals surface area contributed by atoms with E-state index in [1.165, 1.54) is 12.8 Å². The molecule has 0 spiro atoms. The van der Waals surface area contributed by atoms with Crippen molar-refractivity contribution in [3.63, 3.8) is 0 Å². The molecule has 126 valence electrons. The first-order valence-corrected chi connectivity index (χ1v) is 8.45. The molecule has 1 aromatic carbocycles. The summed E-state index contributed by atoms with van der Waals surface area (Å²) in [6.45, 7) is 3.53. The zero-order valence-corrected chi connectivity index (χ0v) is 13.9. The van der Waals surface area contributed by atoms with E-state index in [-0.39, 0.29) is 18.9 Å². The number of amides is 1. The molecule has 2 N–H and O–H groups in total. The van der Waals surface area contributed by atoms with Crippen molar-refractivity contribution in [1.29, 1.82) is 0 Å². The van der Waals surface area contributed by atoms with Crippen molar-refractivity contribution in [3.05, 3.63) is 29.3 Å². The van der Waals surface area contributed by atoms with Gasteiger partial charge in [-0.1, -0.05) is 17.7 Å². The highest BCUT2D eigenvalue weighted by atomic mass is 35.5. The van der Waals surface area contributed by atoms with Crippen LogP contribution in [0.3, 0.4) is 0 Å². The van der Waals surface area contributed by atoms with Crippen LogP contribution in [-0.4, -0.2) is 49.3 Å².